The summed E-state index contributed by atoms with van der Waals surface area (Å²) in [6.07, 6.45) is 3.07. The monoisotopic (exact) mass is 438 g/mol. The van der Waals surface area contributed by atoms with Crippen LogP contribution in [-0.4, -0.2) is 29.9 Å². The summed E-state index contributed by atoms with van der Waals surface area (Å²) in [6.45, 7) is 8.70. The minimum atomic E-state index is -0.398. The molecule has 0 bridgehead atoms. The Hall–Kier alpha value is -2.86. The van der Waals surface area contributed by atoms with Crippen molar-refractivity contribution in [2.75, 3.05) is 6.54 Å². The second-order valence-corrected chi connectivity index (χ2v) is 9.15. The van der Waals surface area contributed by atoms with E-state index in [1.165, 1.54) is 0 Å². The van der Waals surface area contributed by atoms with Gasteiger partial charge in [0, 0.05) is 11.5 Å². The van der Waals surface area contributed by atoms with Crippen molar-refractivity contribution in [1.29, 1.82) is 0 Å². The number of primary amides is 1. The quantitative estimate of drug-likeness (QED) is 0.443. The fourth-order valence-electron chi connectivity index (χ4n) is 3.09. The molecule has 2 rings (SSSR count). The molecule has 32 heavy (non-hydrogen) atoms. The van der Waals surface area contributed by atoms with Crippen molar-refractivity contribution in [3.63, 3.8) is 0 Å². The molecule has 2 aromatic rings. The van der Waals surface area contributed by atoms with Crippen LogP contribution in [0.1, 0.15) is 45.2 Å². The zero-order valence-electron chi connectivity index (χ0n) is 19.6. The van der Waals surface area contributed by atoms with E-state index in [0.717, 1.165) is 16.9 Å². The van der Waals surface area contributed by atoms with Gasteiger partial charge in [0.1, 0.15) is 12.4 Å². The van der Waals surface area contributed by atoms with Gasteiger partial charge in [-0.25, -0.2) is 0 Å². The van der Waals surface area contributed by atoms with Crippen molar-refractivity contribution in [3.05, 3.63) is 72.1 Å². The highest BCUT2D eigenvalue weighted by Gasteiger charge is 2.23. The highest BCUT2D eigenvalue weighted by Crippen LogP contribution is 2.16. The Morgan fingerprint density at radius 3 is 2.28 bits per heavy atom. The predicted octanol–water partition coefficient (Wildman–Crippen LogP) is 3.40. The molecule has 0 saturated carbocycles. The lowest BCUT2D eigenvalue weighted by Crippen LogP contribution is -2.51. The van der Waals surface area contributed by atoms with E-state index in [-0.39, 0.29) is 23.3 Å². The lowest BCUT2D eigenvalue weighted by Gasteiger charge is -2.26. The zero-order valence-corrected chi connectivity index (χ0v) is 19.6. The van der Waals surface area contributed by atoms with E-state index < -0.39 is 6.04 Å². The van der Waals surface area contributed by atoms with Gasteiger partial charge < -0.3 is 21.1 Å². The zero-order chi connectivity index (χ0) is 23.6. The van der Waals surface area contributed by atoms with E-state index >= 15 is 0 Å². The number of rotatable bonds is 12. The van der Waals surface area contributed by atoms with Crippen LogP contribution in [0.5, 0.6) is 5.75 Å². The second kappa shape index (κ2) is 12.2. The number of carbonyl (C=O) groups is 2. The molecular formula is C26H36N3O3. The maximum atomic E-state index is 12.8. The predicted molar refractivity (Wildman–Crippen MR) is 128 cm³/mol. The fraction of sp³-hybridized carbons (Fsp3) is 0.423. The molecular weight excluding hydrogens is 402 g/mol. The van der Waals surface area contributed by atoms with Crippen molar-refractivity contribution in [2.24, 2.45) is 11.7 Å². The minimum Gasteiger partial charge on any atom is -0.489 e. The summed E-state index contributed by atoms with van der Waals surface area (Å²) in [5.41, 5.74) is 7.13. The molecule has 4 N–H and O–H groups in total. The molecule has 2 atom stereocenters. The highest BCUT2D eigenvalue weighted by atomic mass is 16.5. The fourth-order valence-corrected chi connectivity index (χ4v) is 3.09. The molecule has 2 amide bonds. The summed E-state index contributed by atoms with van der Waals surface area (Å²) in [6, 6.07) is 17.4. The average Bonchev–Trinajstić information content (AvgIpc) is 2.74. The maximum absolute atomic E-state index is 12.8. The first-order valence-electron chi connectivity index (χ1n) is 11.1. The Morgan fingerprint density at radius 2 is 1.69 bits per heavy atom. The largest absolute Gasteiger partial charge is 0.489 e. The Morgan fingerprint density at radius 1 is 1.03 bits per heavy atom. The van der Waals surface area contributed by atoms with E-state index in [4.69, 9.17) is 10.5 Å². The first-order valence-corrected chi connectivity index (χ1v) is 11.1. The van der Waals surface area contributed by atoms with Gasteiger partial charge >= 0.3 is 0 Å². The molecule has 0 fully saturated rings. The van der Waals surface area contributed by atoms with Gasteiger partial charge in [0.05, 0.1) is 6.04 Å². The number of amides is 2. The first kappa shape index (κ1) is 25.4. The summed E-state index contributed by atoms with van der Waals surface area (Å²) in [4.78, 5) is 24.0. The van der Waals surface area contributed by atoms with Crippen LogP contribution in [0.25, 0.3) is 0 Å². The van der Waals surface area contributed by atoms with Gasteiger partial charge in [-0.1, -0.05) is 49.4 Å². The highest BCUT2D eigenvalue weighted by molar-refractivity contribution is 5.82. The van der Waals surface area contributed by atoms with E-state index in [0.29, 0.717) is 26.0 Å². The summed E-state index contributed by atoms with van der Waals surface area (Å²) < 4.78 is 5.85. The number of benzene rings is 2. The normalized spacial score (nSPS) is 13.2. The summed E-state index contributed by atoms with van der Waals surface area (Å²) in [5.74, 6) is 0.188. The van der Waals surface area contributed by atoms with Gasteiger partial charge in [0.2, 0.25) is 11.8 Å². The van der Waals surface area contributed by atoms with Gasteiger partial charge in [0.25, 0.3) is 0 Å². The number of hydrogen-bond donors (Lipinski definition) is 3. The molecule has 0 aromatic heterocycles. The molecule has 2 unspecified atom stereocenters. The third-order valence-electron chi connectivity index (χ3n) is 4.94. The van der Waals surface area contributed by atoms with Crippen LogP contribution in [0.15, 0.2) is 54.6 Å². The smallest absolute Gasteiger partial charge is 0.237 e. The van der Waals surface area contributed by atoms with E-state index in [1.807, 2.05) is 81.8 Å². The SMILES string of the molecule is CC(C[CH]CNC(Cc1ccc(OCc2ccccc2)cc1)C(=O)NC(C)(C)C)C(N)=O. The summed E-state index contributed by atoms with van der Waals surface area (Å²) >= 11 is 0. The van der Waals surface area contributed by atoms with Gasteiger partial charge in [-0.2, -0.15) is 0 Å². The van der Waals surface area contributed by atoms with Crippen molar-refractivity contribution in [3.8, 4) is 5.75 Å². The maximum Gasteiger partial charge on any atom is 0.237 e. The summed E-state index contributed by atoms with van der Waals surface area (Å²) in [5, 5.41) is 6.34. The van der Waals surface area contributed by atoms with Crippen LogP contribution < -0.4 is 21.1 Å². The standard InChI is InChI=1S/C26H36N3O3/c1-19(24(27)30)9-8-16-28-23(25(31)29-26(2,3)4)17-20-12-14-22(15-13-20)32-18-21-10-6-5-7-11-21/h5-8,10-15,19,23,28H,9,16-18H2,1-4H3,(H2,27,30)(H,29,31). The van der Waals surface area contributed by atoms with Crippen molar-refractivity contribution in [2.45, 2.75) is 58.7 Å². The molecule has 0 heterocycles. The van der Waals surface area contributed by atoms with Gasteiger partial charge in [0.15, 0.2) is 0 Å². The van der Waals surface area contributed by atoms with Crippen LogP contribution in [-0.2, 0) is 22.6 Å². The molecule has 6 nitrogen and oxygen atoms in total. The molecule has 0 spiro atoms. The third kappa shape index (κ3) is 9.52. The Bertz CT molecular complexity index is 845. The molecule has 1 radical (unpaired) electrons. The van der Waals surface area contributed by atoms with Gasteiger partial charge in [-0.3, -0.25) is 9.59 Å². The van der Waals surface area contributed by atoms with Crippen LogP contribution in [0.2, 0.25) is 0 Å². The molecule has 0 aliphatic carbocycles. The number of nitrogens with two attached hydrogens (primary N) is 1. The molecule has 173 valence electrons. The first-order chi connectivity index (χ1) is 15.1. The minimum absolute atomic E-state index is 0.0572. The Kier molecular flexibility index (Phi) is 9.72. The van der Waals surface area contributed by atoms with Crippen LogP contribution in [0.4, 0.5) is 0 Å². The molecule has 0 aliphatic rings. The lowest BCUT2D eigenvalue weighted by molar-refractivity contribution is -0.124. The number of hydrogen-bond acceptors (Lipinski definition) is 4. The summed E-state index contributed by atoms with van der Waals surface area (Å²) in [7, 11) is 0. The topological polar surface area (TPSA) is 93.4 Å². The van der Waals surface area contributed by atoms with Crippen LogP contribution >= 0.6 is 0 Å². The van der Waals surface area contributed by atoms with Crippen LogP contribution in [0, 0.1) is 12.3 Å². The molecule has 0 saturated heterocycles. The lowest BCUT2D eigenvalue weighted by atomic mass is 10.0. The van der Waals surface area contributed by atoms with E-state index in [9.17, 15) is 9.59 Å². The Balaban J connectivity index is 1.94. The van der Waals surface area contributed by atoms with Gasteiger partial charge in [-0.05, 0) is 69.8 Å². The Labute approximate surface area is 191 Å². The van der Waals surface area contributed by atoms with Crippen LogP contribution in [0.3, 0.4) is 0 Å². The van der Waals surface area contributed by atoms with Crippen molar-refractivity contribution >= 4 is 11.8 Å². The van der Waals surface area contributed by atoms with Crippen molar-refractivity contribution < 1.29 is 14.3 Å². The van der Waals surface area contributed by atoms with E-state index in [2.05, 4.69) is 10.6 Å². The van der Waals surface area contributed by atoms with Crippen molar-refractivity contribution in [1.82, 2.24) is 10.6 Å². The van der Waals surface area contributed by atoms with Gasteiger partial charge in [-0.15, -0.1) is 0 Å². The number of carbonyl (C=O) groups excluding carboxylic acids is 2. The second-order valence-electron chi connectivity index (χ2n) is 9.15. The molecule has 6 heteroatoms. The molecule has 2 aromatic carbocycles. The number of ether oxygens (including phenoxy) is 1. The third-order valence-corrected chi connectivity index (χ3v) is 4.94. The average molecular weight is 439 g/mol. The number of nitrogens with one attached hydrogen (secondary N) is 2. The molecule has 0 aliphatic heterocycles. The van der Waals surface area contributed by atoms with E-state index in [1.54, 1.807) is 6.92 Å².